The summed E-state index contributed by atoms with van der Waals surface area (Å²) in [5.41, 5.74) is 0.488. The number of ketones is 1. The van der Waals surface area contributed by atoms with Gasteiger partial charge < -0.3 is 13.9 Å². The summed E-state index contributed by atoms with van der Waals surface area (Å²) in [7, 11) is 1.53. The fourth-order valence-electron chi connectivity index (χ4n) is 2.39. The summed E-state index contributed by atoms with van der Waals surface area (Å²) in [5, 5.41) is 1.00. The quantitative estimate of drug-likeness (QED) is 0.355. The van der Waals surface area contributed by atoms with Gasteiger partial charge in [0.25, 0.3) is 0 Å². The molecule has 0 saturated heterocycles. The first-order chi connectivity index (χ1) is 13.1. The standard InChI is InChI=1S/C21H16Cl2O4/c1-25-20-5-3-2-4-17(20)19(24)11-9-15-7-8-16(27-15)13-26-21-12-14(22)6-10-18(21)23/h2-12H,13H2,1H3/b11-9+. The maximum atomic E-state index is 12.3. The highest BCUT2D eigenvalue weighted by Gasteiger charge is 2.09. The van der Waals surface area contributed by atoms with E-state index in [-0.39, 0.29) is 12.4 Å². The highest BCUT2D eigenvalue weighted by molar-refractivity contribution is 6.34. The van der Waals surface area contributed by atoms with Crippen LogP contribution < -0.4 is 9.47 Å². The molecule has 3 rings (SSSR count). The summed E-state index contributed by atoms with van der Waals surface area (Å²) < 4.78 is 16.5. The van der Waals surface area contributed by atoms with Crippen LogP contribution in [0.25, 0.3) is 6.08 Å². The topological polar surface area (TPSA) is 48.7 Å². The van der Waals surface area contributed by atoms with Crippen molar-refractivity contribution >= 4 is 35.1 Å². The molecule has 0 N–H and O–H groups in total. The van der Waals surface area contributed by atoms with Gasteiger partial charge in [-0.2, -0.15) is 0 Å². The highest BCUT2D eigenvalue weighted by Crippen LogP contribution is 2.28. The zero-order chi connectivity index (χ0) is 19.2. The van der Waals surface area contributed by atoms with Gasteiger partial charge in [-0.05, 0) is 48.6 Å². The van der Waals surface area contributed by atoms with Crippen LogP contribution in [-0.2, 0) is 6.61 Å². The number of allylic oxidation sites excluding steroid dienone is 1. The molecule has 1 heterocycles. The molecule has 138 valence electrons. The molecule has 0 aliphatic carbocycles. The minimum atomic E-state index is -0.174. The van der Waals surface area contributed by atoms with Crippen LogP contribution in [0.1, 0.15) is 21.9 Å². The van der Waals surface area contributed by atoms with Crippen LogP contribution in [-0.4, -0.2) is 12.9 Å². The van der Waals surface area contributed by atoms with E-state index < -0.39 is 0 Å². The Labute approximate surface area is 166 Å². The molecule has 6 heteroatoms. The molecule has 0 fully saturated rings. The van der Waals surface area contributed by atoms with Crippen molar-refractivity contribution in [2.24, 2.45) is 0 Å². The number of carbonyl (C=O) groups is 1. The lowest BCUT2D eigenvalue weighted by Gasteiger charge is -2.06. The summed E-state index contributed by atoms with van der Waals surface area (Å²) in [6, 6.07) is 15.6. The molecule has 3 aromatic rings. The number of hydrogen-bond donors (Lipinski definition) is 0. The molecule has 27 heavy (non-hydrogen) atoms. The zero-order valence-corrected chi connectivity index (χ0v) is 16.0. The Morgan fingerprint density at radius 2 is 1.89 bits per heavy atom. The number of methoxy groups -OCH3 is 1. The lowest BCUT2D eigenvalue weighted by molar-refractivity contribution is 0.104. The summed E-state index contributed by atoms with van der Waals surface area (Å²) in [4.78, 5) is 12.3. The lowest BCUT2D eigenvalue weighted by Crippen LogP contribution is -1.98. The third kappa shape index (κ3) is 4.94. The first-order valence-corrected chi connectivity index (χ1v) is 8.84. The number of halogens is 2. The summed E-state index contributed by atoms with van der Waals surface area (Å²) in [6.07, 6.45) is 3.04. The SMILES string of the molecule is COc1ccccc1C(=O)/C=C/c1ccc(COc2cc(Cl)ccc2Cl)o1. The van der Waals surface area contributed by atoms with Crippen LogP contribution in [0.2, 0.25) is 10.0 Å². The number of carbonyl (C=O) groups excluding carboxylic acids is 1. The van der Waals surface area contributed by atoms with Crippen molar-refractivity contribution in [2.45, 2.75) is 6.61 Å². The van der Waals surface area contributed by atoms with Crippen LogP contribution in [0.4, 0.5) is 0 Å². The second kappa shape index (κ2) is 8.80. The van der Waals surface area contributed by atoms with Gasteiger partial charge in [0.1, 0.15) is 29.6 Å². The van der Waals surface area contributed by atoms with Crippen LogP contribution in [0.3, 0.4) is 0 Å². The summed E-state index contributed by atoms with van der Waals surface area (Å²) >= 11 is 12.0. The predicted molar refractivity (Wildman–Crippen MR) is 106 cm³/mol. The average molecular weight is 403 g/mol. The first-order valence-electron chi connectivity index (χ1n) is 8.09. The molecule has 0 aliphatic rings. The van der Waals surface area contributed by atoms with Gasteiger partial charge in [-0.1, -0.05) is 35.3 Å². The second-order valence-electron chi connectivity index (χ2n) is 5.57. The van der Waals surface area contributed by atoms with Gasteiger partial charge in [-0.25, -0.2) is 0 Å². The van der Waals surface area contributed by atoms with Crippen LogP contribution in [0.15, 0.2) is 65.1 Å². The Bertz CT molecular complexity index is 976. The van der Waals surface area contributed by atoms with Gasteiger partial charge in [0.05, 0.1) is 17.7 Å². The van der Waals surface area contributed by atoms with Gasteiger partial charge in [0.15, 0.2) is 5.78 Å². The maximum Gasteiger partial charge on any atom is 0.189 e. The molecule has 0 unspecified atom stereocenters. The van der Waals surface area contributed by atoms with E-state index in [0.29, 0.717) is 38.6 Å². The third-order valence-electron chi connectivity index (χ3n) is 3.72. The third-order valence-corrected chi connectivity index (χ3v) is 4.26. The van der Waals surface area contributed by atoms with E-state index in [9.17, 15) is 4.79 Å². The average Bonchev–Trinajstić information content (AvgIpc) is 3.14. The smallest absolute Gasteiger partial charge is 0.189 e. The van der Waals surface area contributed by atoms with E-state index >= 15 is 0 Å². The molecule has 4 nitrogen and oxygen atoms in total. The fourth-order valence-corrected chi connectivity index (χ4v) is 2.73. The Morgan fingerprint density at radius 3 is 2.70 bits per heavy atom. The minimum absolute atomic E-state index is 0.174. The Kier molecular flexibility index (Phi) is 6.22. The van der Waals surface area contributed by atoms with Gasteiger partial charge in [-0.3, -0.25) is 4.79 Å². The molecular formula is C21H16Cl2O4. The number of benzene rings is 2. The van der Waals surface area contributed by atoms with E-state index in [1.165, 1.54) is 13.2 Å². The van der Waals surface area contributed by atoms with Crippen LogP contribution in [0.5, 0.6) is 11.5 Å². The van der Waals surface area contributed by atoms with Gasteiger partial charge in [0.2, 0.25) is 0 Å². The summed E-state index contributed by atoms with van der Waals surface area (Å²) in [5.74, 6) is 1.96. The molecule has 0 amide bonds. The van der Waals surface area contributed by atoms with Crippen molar-refractivity contribution in [3.63, 3.8) is 0 Å². The van der Waals surface area contributed by atoms with Crippen molar-refractivity contribution in [3.05, 3.63) is 87.8 Å². The molecule has 0 saturated carbocycles. The second-order valence-corrected chi connectivity index (χ2v) is 6.41. The molecule has 0 atom stereocenters. The van der Waals surface area contributed by atoms with Gasteiger partial charge >= 0.3 is 0 Å². The van der Waals surface area contributed by atoms with Crippen molar-refractivity contribution in [3.8, 4) is 11.5 Å². The van der Waals surface area contributed by atoms with Gasteiger partial charge in [-0.15, -0.1) is 0 Å². The Morgan fingerprint density at radius 1 is 1.07 bits per heavy atom. The van der Waals surface area contributed by atoms with Crippen LogP contribution >= 0.6 is 23.2 Å². The largest absolute Gasteiger partial charge is 0.496 e. The number of hydrogen-bond acceptors (Lipinski definition) is 4. The Balaban J connectivity index is 1.64. The Hall–Kier alpha value is -2.69. The van der Waals surface area contributed by atoms with E-state index in [1.807, 2.05) is 6.07 Å². The molecular weight excluding hydrogens is 387 g/mol. The molecule has 0 spiro atoms. The van der Waals surface area contributed by atoms with E-state index in [0.717, 1.165) is 0 Å². The monoisotopic (exact) mass is 402 g/mol. The number of rotatable bonds is 7. The van der Waals surface area contributed by atoms with Crippen molar-refractivity contribution in [2.75, 3.05) is 7.11 Å². The van der Waals surface area contributed by atoms with E-state index in [2.05, 4.69) is 0 Å². The molecule has 0 radical (unpaired) electrons. The molecule has 0 bridgehead atoms. The van der Waals surface area contributed by atoms with E-state index in [4.69, 9.17) is 37.1 Å². The number of ether oxygens (including phenoxy) is 2. The maximum absolute atomic E-state index is 12.3. The first kappa shape index (κ1) is 19.1. The highest BCUT2D eigenvalue weighted by atomic mass is 35.5. The van der Waals surface area contributed by atoms with Crippen molar-refractivity contribution in [1.82, 2.24) is 0 Å². The summed E-state index contributed by atoms with van der Waals surface area (Å²) in [6.45, 7) is 0.189. The van der Waals surface area contributed by atoms with Crippen molar-refractivity contribution in [1.29, 1.82) is 0 Å². The predicted octanol–water partition coefficient (Wildman–Crippen LogP) is 6.07. The van der Waals surface area contributed by atoms with Crippen LogP contribution in [0, 0.1) is 0 Å². The molecule has 1 aromatic heterocycles. The normalized spacial score (nSPS) is 10.9. The molecule has 0 aliphatic heterocycles. The minimum Gasteiger partial charge on any atom is -0.496 e. The fraction of sp³-hybridized carbons (Fsp3) is 0.0952. The number of furan rings is 1. The lowest BCUT2D eigenvalue weighted by atomic mass is 10.1. The molecule has 2 aromatic carbocycles. The number of para-hydroxylation sites is 1. The van der Waals surface area contributed by atoms with E-state index in [1.54, 1.807) is 54.6 Å². The van der Waals surface area contributed by atoms with Gasteiger partial charge in [0, 0.05) is 11.1 Å². The zero-order valence-electron chi connectivity index (χ0n) is 14.4. The van der Waals surface area contributed by atoms with Crippen molar-refractivity contribution < 1.29 is 18.7 Å².